The standard InChI is InChI=1S/C30H30Cl2N6O3/c31-22-10-6-9-19(25(22)32)26-27-28(38(36-26)24-11-4-5-14-41-24)35-23(15-33-27)37-13-12-20-21(16-37)30(20,17-34-29(39)40)18-7-2-1-3-8-18/h1-3,6-10,15,20-21,24,34H,4-5,11-14,16-17H2,(H,39,40). The minimum atomic E-state index is -0.995. The van der Waals surface area contributed by atoms with Crippen molar-refractivity contribution in [2.24, 2.45) is 11.8 Å². The van der Waals surface area contributed by atoms with Gasteiger partial charge >= 0.3 is 6.09 Å². The number of ether oxygens (including phenoxy) is 1. The van der Waals surface area contributed by atoms with Gasteiger partial charge in [0, 0.05) is 37.2 Å². The van der Waals surface area contributed by atoms with Crippen LogP contribution >= 0.6 is 23.2 Å². The number of rotatable bonds is 6. The first-order valence-corrected chi connectivity index (χ1v) is 14.8. The molecule has 4 aromatic rings. The van der Waals surface area contributed by atoms with Gasteiger partial charge in [0.25, 0.3) is 0 Å². The van der Waals surface area contributed by atoms with E-state index in [0.717, 1.165) is 44.6 Å². The second-order valence-corrected chi connectivity index (χ2v) is 11.9. The Morgan fingerprint density at radius 3 is 2.73 bits per heavy atom. The third-order valence-corrected chi connectivity index (χ3v) is 9.84. The van der Waals surface area contributed by atoms with Crippen LogP contribution in [0.2, 0.25) is 10.0 Å². The largest absolute Gasteiger partial charge is 0.465 e. The van der Waals surface area contributed by atoms with Crippen molar-refractivity contribution in [3.8, 4) is 11.3 Å². The molecule has 3 fully saturated rings. The molecule has 2 aromatic carbocycles. The number of benzene rings is 2. The number of carbonyl (C=O) groups is 1. The van der Waals surface area contributed by atoms with Crippen LogP contribution in [0.25, 0.3) is 22.4 Å². The third kappa shape index (κ3) is 4.51. The number of carboxylic acid groups (broad SMARTS) is 1. The van der Waals surface area contributed by atoms with Crippen LogP contribution in [-0.4, -0.2) is 57.2 Å². The van der Waals surface area contributed by atoms with Gasteiger partial charge in [0.15, 0.2) is 11.9 Å². The lowest BCUT2D eigenvalue weighted by Gasteiger charge is -2.27. The Bertz CT molecular complexity index is 1610. The summed E-state index contributed by atoms with van der Waals surface area (Å²) in [6.45, 7) is 2.65. The summed E-state index contributed by atoms with van der Waals surface area (Å²) in [6, 6.07) is 15.8. The van der Waals surface area contributed by atoms with Gasteiger partial charge in [0.1, 0.15) is 17.0 Å². The van der Waals surface area contributed by atoms with E-state index in [9.17, 15) is 9.90 Å². The zero-order valence-corrected chi connectivity index (χ0v) is 23.9. The van der Waals surface area contributed by atoms with E-state index in [1.807, 2.05) is 35.0 Å². The smallest absolute Gasteiger partial charge is 0.404 e. The summed E-state index contributed by atoms with van der Waals surface area (Å²) < 4.78 is 7.97. The Balaban J connectivity index is 1.25. The van der Waals surface area contributed by atoms with Crippen LogP contribution in [-0.2, 0) is 10.2 Å². The Morgan fingerprint density at radius 2 is 1.95 bits per heavy atom. The molecular formula is C30H30Cl2N6O3. The number of aromatic nitrogens is 4. The monoisotopic (exact) mass is 592 g/mol. The van der Waals surface area contributed by atoms with Crippen molar-refractivity contribution in [1.82, 2.24) is 25.1 Å². The molecule has 9 nitrogen and oxygen atoms in total. The highest BCUT2D eigenvalue weighted by Crippen LogP contribution is 2.63. The van der Waals surface area contributed by atoms with E-state index >= 15 is 0 Å². The SMILES string of the molecule is O=C(O)NCC1(c2ccccc2)C2CCN(c3cnc4c(-c5cccc(Cl)c5Cl)nn(C5CCCCO5)c4n3)CC21. The molecule has 3 aliphatic rings. The van der Waals surface area contributed by atoms with E-state index in [-0.39, 0.29) is 11.6 Å². The van der Waals surface area contributed by atoms with Crippen LogP contribution in [0.1, 0.15) is 37.5 Å². The van der Waals surface area contributed by atoms with Crippen molar-refractivity contribution in [3.05, 3.63) is 70.3 Å². The second kappa shape index (κ2) is 10.5. The molecular weight excluding hydrogens is 563 g/mol. The summed E-state index contributed by atoms with van der Waals surface area (Å²) in [6.07, 6.45) is 4.43. The maximum atomic E-state index is 11.5. The molecule has 1 amide bonds. The molecule has 4 atom stereocenters. The summed E-state index contributed by atoms with van der Waals surface area (Å²) in [5.74, 6) is 1.48. The molecule has 41 heavy (non-hydrogen) atoms. The Hall–Kier alpha value is -3.40. The van der Waals surface area contributed by atoms with E-state index < -0.39 is 6.09 Å². The van der Waals surface area contributed by atoms with E-state index in [1.54, 1.807) is 12.3 Å². The number of halogens is 2. The van der Waals surface area contributed by atoms with Gasteiger partial charge in [-0.3, -0.25) is 0 Å². The van der Waals surface area contributed by atoms with Crippen molar-refractivity contribution in [1.29, 1.82) is 0 Å². The molecule has 7 rings (SSSR count). The molecule has 4 unspecified atom stereocenters. The predicted octanol–water partition coefficient (Wildman–Crippen LogP) is 6.16. The van der Waals surface area contributed by atoms with Gasteiger partial charge in [-0.1, -0.05) is 65.7 Å². The van der Waals surface area contributed by atoms with Crippen molar-refractivity contribution in [2.75, 3.05) is 31.1 Å². The van der Waals surface area contributed by atoms with Crippen molar-refractivity contribution < 1.29 is 14.6 Å². The number of fused-ring (bicyclic) bond motifs is 2. The molecule has 4 heterocycles. The molecule has 2 aromatic heterocycles. The second-order valence-electron chi connectivity index (χ2n) is 11.1. The summed E-state index contributed by atoms with van der Waals surface area (Å²) in [4.78, 5) is 23.7. The third-order valence-electron chi connectivity index (χ3n) is 9.02. The average Bonchev–Trinajstić information content (AvgIpc) is 3.50. The molecule has 2 aliphatic heterocycles. The van der Waals surface area contributed by atoms with E-state index in [1.165, 1.54) is 5.56 Å². The van der Waals surface area contributed by atoms with Crippen LogP contribution in [0.4, 0.5) is 10.6 Å². The fraction of sp³-hybridized carbons (Fsp3) is 0.400. The summed E-state index contributed by atoms with van der Waals surface area (Å²) in [5.41, 5.74) is 3.60. The molecule has 0 bridgehead atoms. The summed E-state index contributed by atoms with van der Waals surface area (Å²) in [5, 5.41) is 17.9. The van der Waals surface area contributed by atoms with Gasteiger partial charge in [-0.15, -0.1) is 0 Å². The fourth-order valence-electron chi connectivity index (χ4n) is 6.99. The lowest BCUT2D eigenvalue weighted by Crippen LogP contribution is -2.35. The number of hydrogen-bond acceptors (Lipinski definition) is 6. The normalized spacial score (nSPS) is 25.6. The Kier molecular flexibility index (Phi) is 6.76. The summed E-state index contributed by atoms with van der Waals surface area (Å²) >= 11 is 13.0. The van der Waals surface area contributed by atoms with Gasteiger partial charge in [-0.25, -0.2) is 19.4 Å². The lowest BCUT2D eigenvalue weighted by atomic mass is 9.91. The van der Waals surface area contributed by atoms with Gasteiger partial charge in [-0.05, 0) is 49.1 Å². The number of nitrogens with one attached hydrogen (secondary N) is 1. The molecule has 2 saturated heterocycles. The van der Waals surface area contributed by atoms with Gasteiger partial charge in [0.05, 0.1) is 16.2 Å². The lowest BCUT2D eigenvalue weighted by molar-refractivity contribution is -0.0368. The average molecular weight is 594 g/mol. The molecule has 212 valence electrons. The number of anilines is 1. The molecule has 0 spiro atoms. The van der Waals surface area contributed by atoms with Gasteiger partial charge in [0.2, 0.25) is 0 Å². The summed E-state index contributed by atoms with van der Waals surface area (Å²) in [7, 11) is 0. The van der Waals surface area contributed by atoms with E-state index in [0.29, 0.717) is 57.5 Å². The topological polar surface area (TPSA) is 105 Å². The predicted molar refractivity (Wildman–Crippen MR) is 158 cm³/mol. The van der Waals surface area contributed by atoms with Gasteiger partial charge < -0.3 is 20.1 Å². The number of nitrogens with zero attached hydrogens (tertiary/aromatic N) is 5. The van der Waals surface area contributed by atoms with Crippen LogP contribution in [0.5, 0.6) is 0 Å². The molecule has 0 radical (unpaired) electrons. The van der Waals surface area contributed by atoms with Crippen molar-refractivity contribution in [3.63, 3.8) is 0 Å². The van der Waals surface area contributed by atoms with Crippen molar-refractivity contribution in [2.45, 2.75) is 37.3 Å². The zero-order chi connectivity index (χ0) is 28.1. The van der Waals surface area contributed by atoms with Crippen LogP contribution in [0.15, 0.2) is 54.7 Å². The Labute approximate surface area is 247 Å². The molecule has 1 aliphatic carbocycles. The Morgan fingerprint density at radius 1 is 1.10 bits per heavy atom. The first-order valence-electron chi connectivity index (χ1n) is 14.1. The number of piperidine rings is 1. The fourth-order valence-corrected chi connectivity index (χ4v) is 7.38. The maximum Gasteiger partial charge on any atom is 0.404 e. The highest BCUT2D eigenvalue weighted by atomic mass is 35.5. The first kappa shape index (κ1) is 26.5. The van der Waals surface area contributed by atoms with E-state index in [4.69, 9.17) is 43.0 Å². The van der Waals surface area contributed by atoms with Crippen LogP contribution in [0, 0.1) is 11.8 Å². The van der Waals surface area contributed by atoms with Gasteiger partial charge in [-0.2, -0.15) is 5.10 Å². The zero-order valence-electron chi connectivity index (χ0n) is 22.3. The molecule has 1 saturated carbocycles. The van der Waals surface area contributed by atoms with E-state index in [2.05, 4.69) is 22.3 Å². The molecule has 2 N–H and O–H groups in total. The first-order chi connectivity index (χ1) is 20.0. The highest BCUT2D eigenvalue weighted by Gasteiger charge is 2.66. The quantitative estimate of drug-likeness (QED) is 0.276. The van der Waals surface area contributed by atoms with Crippen molar-refractivity contribution >= 4 is 46.3 Å². The maximum absolute atomic E-state index is 11.5. The number of amides is 1. The highest BCUT2D eigenvalue weighted by molar-refractivity contribution is 6.43. The minimum Gasteiger partial charge on any atom is -0.465 e. The minimum absolute atomic E-state index is 0.222. The molecule has 11 heteroatoms. The van der Waals surface area contributed by atoms with Crippen LogP contribution < -0.4 is 10.2 Å². The van der Waals surface area contributed by atoms with Crippen LogP contribution in [0.3, 0.4) is 0 Å². The number of hydrogen-bond donors (Lipinski definition) is 2.